The lowest BCUT2D eigenvalue weighted by atomic mass is 10.1. The van der Waals surface area contributed by atoms with E-state index in [2.05, 4.69) is 0 Å². The lowest BCUT2D eigenvalue weighted by molar-refractivity contribution is -0.139. The Kier molecular flexibility index (Phi) is 6.20. The third-order valence-corrected chi connectivity index (χ3v) is 2.56. The molecule has 0 bridgehead atoms. The Bertz CT molecular complexity index is 138. The van der Waals surface area contributed by atoms with E-state index in [1.807, 2.05) is 13.8 Å². The third kappa shape index (κ3) is 6.49. The molecule has 0 radical (unpaired) electrons. The number of carbonyl (C=O) groups is 1. The van der Waals surface area contributed by atoms with Gasteiger partial charge >= 0.3 is 5.97 Å². The molecule has 0 amide bonds. The fourth-order valence-corrected chi connectivity index (χ4v) is 1.95. The Hall–Kier alpha value is -0.220. The number of hydrogen-bond donors (Lipinski definition) is 2. The van der Waals surface area contributed by atoms with Gasteiger partial charge in [-0.1, -0.05) is 13.8 Å². The average Bonchev–Trinajstić information content (AvgIpc) is 1.84. The first-order chi connectivity index (χ1) is 5.56. The molecule has 72 valence electrons. The Morgan fingerprint density at radius 2 is 2.17 bits per heavy atom. The maximum atomic E-state index is 10.2. The van der Waals surface area contributed by atoms with E-state index in [1.54, 1.807) is 11.8 Å². The van der Waals surface area contributed by atoms with Crippen LogP contribution in [0.5, 0.6) is 0 Å². The van der Waals surface area contributed by atoms with E-state index >= 15 is 0 Å². The van der Waals surface area contributed by atoms with Crippen molar-refractivity contribution < 1.29 is 15.0 Å². The van der Waals surface area contributed by atoms with E-state index in [0.29, 0.717) is 11.7 Å². The second-order valence-electron chi connectivity index (χ2n) is 2.75. The van der Waals surface area contributed by atoms with Crippen molar-refractivity contribution in [2.75, 3.05) is 5.75 Å². The molecule has 0 aliphatic carbocycles. The number of aliphatic hydroxyl groups excluding tert-OH is 1. The molecule has 0 heterocycles. The first-order valence-corrected chi connectivity index (χ1v) is 5.12. The summed E-state index contributed by atoms with van der Waals surface area (Å²) in [6.45, 7) is 4.05. The molecule has 0 saturated carbocycles. The van der Waals surface area contributed by atoms with Crippen LogP contribution in [0.2, 0.25) is 0 Å². The Morgan fingerprint density at radius 1 is 1.58 bits per heavy atom. The smallest absolute Gasteiger partial charge is 0.305 e. The van der Waals surface area contributed by atoms with Crippen LogP contribution in [0.15, 0.2) is 0 Å². The monoisotopic (exact) mass is 192 g/mol. The van der Waals surface area contributed by atoms with Gasteiger partial charge in [-0.2, -0.15) is 11.8 Å². The van der Waals surface area contributed by atoms with Gasteiger partial charge in [-0.15, -0.1) is 0 Å². The minimum Gasteiger partial charge on any atom is -0.481 e. The van der Waals surface area contributed by atoms with Crippen molar-refractivity contribution in [1.29, 1.82) is 0 Å². The summed E-state index contributed by atoms with van der Waals surface area (Å²) in [5.41, 5.74) is 0. The van der Waals surface area contributed by atoms with Crippen LogP contribution in [-0.2, 0) is 4.79 Å². The standard InChI is InChI=1S/C8H16O3S/c1-3-12-6(2)4-7(9)5-8(10)11/h6-7,9H,3-5H2,1-2H3,(H,10,11). The second kappa shape index (κ2) is 6.31. The quantitative estimate of drug-likeness (QED) is 0.667. The summed E-state index contributed by atoms with van der Waals surface area (Å²) in [5.74, 6) is 0.0669. The minimum atomic E-state index is -0.934. The Balaban J connectivity index is 3.53. The molecule has 0 aromatic carbocycles. The first-order valence-electron chi connectivity index (χ1n) is 4.07. The Labute approximate surface area is 77.2 Å². The van der Waals surface area contributed by atoms with E-state index in [9.17, 15) is 9.90 Å². The van der Waals surface area contributed by atoms with Gasteiger partial charge in [0.2, 0.25) is 0 Å². The molecule has 2 N–H and O–H groups in total. The molecule has 0 aliphatic heterocycles. The van der Waals surface area contributed by atoms with E-state index < -0.39 is 12.1 Å². The molecule has 0 saturated heterocycles. The van der Waals surface area contributed by atoms with E-state index in [-0.39, 0.29) is 6.42 Å². The molecule has 4 heteroatoms. The normalized spacial score (nSPS) is 15.6. The zero-order valence-corrected chi connectivity index (χ0v) is 8.30. The van der Waals surface area contributed by atoms with Crippen molar-refractivity contribution >= 4 is 17.7 Å². The van der Waals surface area contributed by atoms with E-state index in [1.165, 1.54) is 0 Å². The van der Waals surface area contributed by atoms with Crippen molar-refractivity contribution in [1.82, 2.24) is 0 Å². The first kappa shape index (κ1) is 11.8. The van der Waals surface area contributed by atoms with Gasteiger partial charge < -0.3 is 10.2 Å². The number of carboxylic acids is 1. The van der Waals surface area contributed by atoms with Crippen molar-refractivity contribution in [3.8, 4) is 0 Å². The highest BCUT2D eigenvalue weighted by Gasteiger charge is 2.13. The van der Waals surface area contributed by atoms with Crippen LogP contribution in [0.1, 0.15) is 26.7 Å². The van der Waals surface area contributed by atoms with Crippen LogP contribution >= 0.6 is 11.8 Å². The van der Waals surface area contributed by atoms with Gasteiger partial charge in [-0.05, 0) is 12.2 Å². The number of aliphatic hydroxyl groups is 1. The summed E-state index contributed by atoms with van der Waals surface area (Å²) in [4.78, 5) is 10.2. The number of aliphatic carboxylic acids is 1. The molecule has 0 aromatic rings. The fourth-order valence-electron chi connectivity index (χ4n) is 1.02. The van der Waals surface area contributed by atoms with Crippen LogP contribution in [-0.4, -0.2) is 33.3 Å². The van der Waals surface area contributed by atoms with Gasteiger partial charge in [0.05, 0.1) is 12.5 Å². The summed E-state index contributed by atoms with van der Waals surface area (Å²) >= 11 is 1.73. The second-order valence-corrected chi connectivity index (χ2v) is 4.47. The molecule has 2 unspecified atom stereocenters. The lowest BCUT2D eigenvalue weighted by Gasteiger charge is -2.13. The lowest BCUT2D eigenvalue weighted by Crippen LogP contribution is -2.17. The molecule has 3 nitrogen and oxygen atoms in total. The summed E-state index contributed by atoms with van der Waals surface area (Å²) in [7, 11) is 0. The molecular formula is C8H16O3S. The average molecular weight is 192 g/mol. The van der Waals surface area contributed by atoms with Crippen molar-refractivity contribution in [3.63, 3.8) is 0 Å². The molecule has 0 spiro atoms. The SMILES string of the molecule is CCSC(C)CC(O)CC(=O)O. The summed E-state index contributed by atoms with van der Waals surface area (Å²) in [6, 6.07) is 0. The molecule has 2 atom stereocenters. The molecular weight excluding hydrogens is 176 g/mol. The van der Waals surface area contributed by atoms with Gasteiger partial charge in [0.15, 0.2) is 0 Å². The molecule has 0 fully saturated rings. The van der Waals surface area contributed by atoms with Crippen LogP contribution < -0.4 is 0 Å². The Morgan fingerprint density at radius 3 is 2.58 bits per heavy atom. The molecule has 0 rings (SSSR count). The van der Waals surface area contributed by atoms with Crippen LogP contribution in [0.3, 0.4) is 0 Å². The predicted molar refractivity (Wildman–Crippen MR) is 50.5 cm³/mol. The van der Waals surface area contributed by atoms with Crippen LogP contribution in [0.4, 0.5) is 0 Å². The number of hydrogen-bond acceptors (Lipinski definition) is 3. The van der Waals surface area contributed by atoms with E-state index in [0.717, 1.165) is 5.75 Å². The highest BCUT2D eigenvalue weighted by molar-refractivity contribution is 7.99. The van der Waals surface area contributed by atoms with Crippen LogP contribution in [0, 0.1) is 0 Å². The van der Waals surface area contributed by atoms with Gasteiger partial charge in [-0.25, -0.2) is 0 Å². The molecule has 0 aliphatic rings. The molecule has 0 aromatic heterocycles. The summed E-state index contributed by atoms with van der Waals surface area (Å²) in [6.07, 6.45) is -0.282. The minimum absolute atomic E-state index is 0.144. The van der Waals surface area contributed by atoms with E-state index in [4.69, 9.17) is 5.11 Å². The van der Waals surface area contributed by atoms with Gasteiger partial charge in [0.1, 0.15) is 0 Å². The predicted octanol–water partition coefficient (Wildman–Crippen LogP) is 1.35. The van der Waals surface area contributed by atoms with Gasteiger partial charge in [0, 0.05) is 5.25 Å². The van der Waals surface area contributed by atoms with Gasteiger partial charge in [0.25, 0.3) is 0 Å². The molecule has 12 heavy (non-hydrogen) atoms. The van der Waals surface area contributed by atoms with Crippen molar-refractivity contribution in [2.24, 2.45) is 0 Å². The topological polar surface area (TPSA) is 57.5 Å². The van der Waals surface area contributed by atoms with Crippen LogP contribution in [0.25, 0.3) is 0 Å². The summed E-state index contributed by atoms with van der Waals surface area (Å²) in [5, 5.41) is 17.9. The number of rotatable bonds is 6. The number of carboxylic acid groups (broad SMARTS) is 1. The zero-order chi connectivity index (χ0) is 9.56. The highest BCUT2D eigenvalue weighted by atomic mass is 32.2. The van der Waals surface area contributed by atoms with Crippen molar-refractivity contribution in [3.05, 3.63) is 0 Å². The maximum Gasteiger partial charge on any atom is 0.305 e. The maximum absolute atomic E-state index is 10.2. The number of thioether (sulfide) groups is 1. The highest BCUT2D eigenvalue weighted by Crippen LogP contribution is 2.16. The zero-order valence-electron chi connectivity index (χ0n) is 7.49. The third-order valence-electron chi connectivity index (χ3n) is 1.47. The summed E-state index contributed by atoms with van der Waals surface area (Å²) < 4.78 is 0. The van der Waals surface area contributed by atoms with Gasteiger partial charge in [-0.3, -0.25) is 4.79 Å². The fraction of sp³-hybridized carbons (Fsp3) is 0.875. The van der Waals surface area contributed by atoms with Crippen molar-refractivity contribution in [2.45, 2.75) is 38.0 Å². The largest absolute Gasteiger partial charge is 0.481 e.